The average Bonchev–Trinajstić information content (AvgIpc) is 1.35. The Hall–Kier alpha value is -1.94. The summed E-state index contributed by atoms with van der Waals surface area (Å²) in [7, 11) is -9.91. The predicted molar refractivity (Wildman–Crippen MR) is 386 cm³/mol. The molecule has 0 aliphatic heterocycles. The molecule has 0 rings (SSSR count). The van der Waals surface area contributed by atoms with Gasteiger partial charge in [0.2, 0.25) is 0 Å². The highest BCUT2D eigenvalue weighted by Crippen LogP contribution is 2.45. The largest absolute Gasteiger partial charge is 0.472 e. The molecule has 564 valence electrons. The fourth-order valence-corrected chi connectivity index (χ4v) is 13.2. The van der Waals surface area contributed by atoms with E-state index in [1.807, 2.05) is 0 Å². The standard InChI is InChI=1S/C76H148O17P2/c1-7-9-11-13-15-17-19-20-25-29-35-41-47-53-59-74(79)87-64-71(92-75(80)60-54-48-42-36-30-26-23-21-22-24-28-32-38-44-50-56-68(3)4)66-90-94(82,83)88-62-70(77)63-89-95(84,85)91-67-72(65-86-73(78)58-52-46-40-34-27-18-16-14-12-10-8-2)93-76(81)61-55-49-43-37-31-33-39-45-51-57-69(5)6/h68-72,77H,7-67H2,1-6H3,(H,82,83)(H,84,85)/t70-,71-,72-/m1/s1. The zero-order valence-electron chi connectivity index (χ0n) is 62.0. The van der Waals surface area contributed by atoms with E-state index in [2.05, 4.69) is 41.5 Å². The Morgan fingerprint density at radius 3 is 0.716 bits per heavy atom. The smallest absolute Gasteiger partial charge is 0.462 e. The molecule has 0 aromatic rings. The molecule has 0 spiro atoms. The van der Waals surface area contributed by atoms with Crippen LogP contribution in [0.15, 0.2) is 0 Å². The fourth-order valence-electron chi connectivity index (χ4n) is 11.7. The summed E-state index contributed by atoms with van der Waals surface area (Å²) in [5.74, 6) is -0.575. The van der Waals surface area contributed by atoms with Crippen LogP contribution in [0, 0.1) is 11.8 Å². The maximum absolute atomic E-state index is 13.1. The normalized spacial score (nSPS) is 14.0. The van der Waals surface area contributed by atoms with E-state index >= 15 is 0 Å². The van der Waals surface area contributed by atoms with Crippen LogP contribution >= 0.6 is 15.6 Å². The van der Waals surface area contributed by atoms with E-state index in [9.17, 15) is 43.2 Å². The molecule has 0 saturated heterocycles. The lowest BCUT2D eigenvalue weighted by Gasteiger charge is -2.21. The van der Waals surface area contributed by atoms with Crippen molar-refractivity contribution in [1.82, 2.24) is 0 Å². The number of aliphatic hydroxyl groups is 1. The minimum Gasteiger partial charge on any atom is -0.462 e. The van der Waals surface area contributed by atoms with E-state index in [4.69, 9.17) is 37.0 Å². The van der Waals surface area contributed by atoms with Crippen molar-refractivity contribution >= 4 is 39.5 Å². The summed E-state index contributed by atoms with van der Waals surface area (Å²) in [5, 5.41) is 10.6. The molecule has 0 radical (unpaired) electrons. The third kappa shape index (κ3) is 70.3. The molecule has 0 aromatic heterocycles. The first-order valence-corrected chi connectivity index (χ1v) is 42.5. The highest BCUT2D eigenvalue weighted by Gasteiger charge is 2.30. The number of phosphoric ester groups is 2. The molecule has 3 N–H and O–H groups in total. The van der Waals surface area contributed by atoms with Gasteiger partial charge in [-0.2, -0.15) is 0 Å². The van der Waals surface area contributed by atoms with Crippen LogP contribution in [-0.2, 0) is 65.4 Å². The van der Waals surface area contributed by atoms with E-state index in [0.29, 0.717) is 25.7 Å². The highest BCUT2D eigenvalue weighted by atomic mass is 31.2. The van der Waals surface area contributed by atoms with Gasteiger partial charge in [0.1, 0.15) is 19.3 Å². The second-order valence-corrected chi connectivity index (χ2v) is 31.3. The van der Waals surface area contributed by atoms with Gasteiger partial charge < -0.3 is 33.8 Å². The first-order valence-electron chi connectivity index (χ1n) is 39.5. The Bertz CT molecular complexity index is 1840. The molecule has 0 amide bonds. The van der Waals surface area contributed by atoms with E-state index < -0.39 is 97.5 Å². The Kier molecular flexibility index (Phi) is 66.5. The molecule has 0 aliphatic carbocycles. The van der Waals surface area contributed by atoms with Crippen molar-refractivity contribution in [2.45, 2.75) is 413 Å². The Labute approximate surface area is 581 Å². The summed E-state index contributed by atoms with van der Waals surface area (Å²) < 4.78 is 68.5. The monoisotopic (exact) mass is 1400 g/mol. The lowest BCUT2D eigenvalue weighted by molar-refractivity contribution is -0.161. The van der Waals surface area contributed by atoms with Crippen molar-refractivity contribution in [3.05, 3.63) is 0 Å². The zero-order chi connectivity index (χ0) is 70.0. The van der Waals surface area contributed by atoms with Crippen LogP contribution in [0.2, 0.25) is 0 Å². The number of unbranched alkanes of at least 4 members (excludes halogenated alkanes) is 45. The molecule has 19 heteroatoms. The number of ether oxygens (including phenoxy) is 4. The number of hydrogen-bond acceptors (Lipinski definition) is 15. The van der Waals surface area contributed by atoms with E-state index in [1.54, 1.807) is 0 Å². The molecule has 2 unspecified atom stereocenters. The van der Waals surface area contributed by atoms with Gasteiger partial charge in [0.15, 0.2) is 12.2 Å². The van der Waals surface area contributed by atoms with Crippen molar-refractivity contribution in [1.29, 1.82) is 0 Å². The zero-order valence-corrected chi connectivity index (χ0v) is 63.8. The summed E-state index contributed by atoms with van der Waals surface area (Å²) in [6.45, 7) is 9.60. The van der Waals surface area contributed by atoms with Crippen molar-refractivity contribution in [2.24, 2.45) is 11.8 Å². The van der Waals surface area contributed by atoms with Gasteiger partial charge in [0.25, 0.3) is 0 Å². The average molecular weight is 1400 g/mol. The lowest BCUT2D eigenvalue weighted by Crippen LogP contribution is -2.30. The molecule has 95 heavy (non-hydrogen) atoms. The summed E-state index contributed by atoms with van der Waals surface area (Å²) in [6.07, 6.45) is 55.4. The van der Waals surface area contributed by atoms with Crippen LogP contribution in [0.3, 0.4) is 0 Å². The fraction of sp³-hybridized carbons (Fsp3) is 0.947. The third-order valence-corrected chi connectivity index (χ3v) is 19.6. The van der Waals surface area contributed by atoms with Crippen LogP contribution in [-0.4, -0.2) is 96.7 Å². The molecule has 17 nitrogen and oxygen atoms in total. The molecule has 0 aromatic carbocycles. The number of aliphatic hydroxyl groups excluding tert-OH is 1. The van der Waals surface area contributed by atoms with Gasteiger partial charge in [-0.1, -0.05) is 343 Å². The number of carbonyl (C=O) groups excluding carboxylic acids is 4. The molecular weight excluding hydrogens is 1250 g/mol. The number of esters is 4. The maximum atomic E-state index is 13.1. The number of rotatable bonds is 75. The van der Waals surface area contributed by atoms with Gasteiger partial charge in [-0.3, -0.25) is 37.3 Å². The maximum Gasteiger partial charge on any atom is 0.472 e. The van der Waals surface area contributed by atoms with Gasteiger partial charge in [0, 0.05) is 25.7 Å². The summed E-state index contributed by atoms with van der Waals surface area (Å²) in [4.78, 5) is 72.8. The Morgan fingerprint density at radius 2 is 0.484 bits per heavy atom. The topological polar surface area (TPSA) is 237 Å². The first-order chi connectivity index (χ1) is 45.9. The third-order valence-electron chi connectivity index (χ3n) is 17.7. The van der Waals surface area contributed by atoms with E-state index in [0.717, 1.165) is 102 Å². The molecule has 0 aliphatic rings. The van der Waals surface area contributed by atoms with Crippen molar-refractivity contribution in [3.63, 3.8) is 0 Å². The van der Waals surface area contributed by atoms with Crippen LogP contribution in [0.1, 0.15) is 395 Å². The predicted octanol–water partition coefficient (Wildman–Crippen LogP) is 22.3. The lowest BCUT2D eigenvalue weighted by atomic mass is 10.0. The van der Waals surface area contributed by atoms with Crippen LogP contribution in [0.25, 0.3) is 0 Å². The molecular formula is C76H148O17P2. The van der Waals surface area contributed by atoms with Gasteiger partial charge in [-0.15, -0.1) is 0 Å². The summed E-state index contributed by atoms with van der Waals surface area (Å²) >= 11 is 0. The van der Waals surface area contributed by atoms with Gasteiger partial charge in [-0.05, 0) is 37.5 Å². The second-order valence-electron chi connectivity index (χ2n) is 28.3. The second kappa shape index (κ2) is 67.9. The molecule has 0 bridgehead atoms. The van der Waals surface area contributed by atoms with Crippen LogP contribution < -0.4 is 0 Å². The number of hydrogen-bond donors (Lipinski definition) is 3. The summed E-state index contributed by atoms with van der Waals surface area (Å²) in [6, 6.07) is 0. The molecule has 5 atom stereocenters. The molecule has 0 heterocycles. The quantitative estimate of drug-likeness (QED) is 0.0222. The molecule has 0 saturated carbocycles. The summed E-state index contributed by atoms with van der Waals surface area (Å²) in [5.41, 5.74) is 0. The van der Waals surface area contributed by atoms with Crippen molar-refractivity contribution in [2.75, 3.05) is 39.6 Å². The van der Waals surface area contributed by atoms with E-state index in [-0.39, 0.29) is 25.7 Å². The van der Waals surface area contributed by atoms with Crippen LogP contribution in [0.5, 0.6) is 0 Å². The molecule has 0 fully saturated rings. The van der Waals surface area contributed by atoms with E-state index in [1.165, 1.54) is 212 Å². The van der Waals surface area contributed by atoms with Gasteiger partial charge in [-0.25, -0.2) is 9.13 Å². The Morgan fingerprint density at radius 1 is 0.284 bits per heavy atom. The van der Waals surface area contributed by atoms with Crippen molar-refractivity contribution in [3.8, 4) is 0 Å². The number of phosphoric acid groups is 2. The SMILES string of the molecule is CCCCCCCCCCCCCCCCC(=O)OC[C@H](COP(=O)(O)OC[C@@H](O)COP(=O)(O)OC[C@@H](COC(=O)CCCCCCCCCCCCC)OC(=O)CCCCCCCCCCCC(C)C)OC(=O)CCCCCCCCCCCCCCCCCC(C)C. The minimum absolute atomic E-state index is 0.106. The first kappa shape index (κ1) is 93.1. The van der Waals surface area contributed by atoms with Gasteiger partial charge >= 0.3 is 39.5 Å². The Balaban J connectivity index is 5.24. The van der Waals surface area contributed by atoms with Gasteiger partial charge in [0.05, 0.1) is 26.4 Å². The van der Waals surface area contributed by atoms with Crippen molar-refractivity contribution < 1.29 is 80.2 Å². The minimum atomic E-state index is -4.96. The number of carbonyl (C=O) groups is 4. The van der Waals surface area contributed by atoms with Crippen LogP contribution in [0.4, 0.5) is 0 Å². The highest BCUT2D eigenvalue weighted by molar-refractivity contribution is 7.47.